The van der Waals surface area contributed by atoms with Crippen LogP contribution in [0.2, 0.25) is 0 Å². The maximum Gasteiger partial charge on any atom is 0.326 e. The first-order chi connectivity index (χ1) is 13.9. The Morgan fingerprint density at radius 3 is 2.38 bits per heavy atom. The Bertz CT molecular complexity index is 1160. The van der Waals surface area contributed by atoms with Gasteiger partial charge in [0, 0.05) is 17.3 Å². The van der Waals surface area contributed by atoms with Crippen molar-refractivity contribution >= 4 is 42.6 Å². The van der Waals surface area contributed by atoms with Crippen LogP contribution in [0.4, 0.5) is 27.8 Å². The molecule has 0 spiro atoms. The van der Waals surface area contributed by atoms with Gasteiger partial charge in [0.1, 0.15) is 11.4 Å². The van der Waals surface area contributed by atoms with Gasteiger partial charge in [-0.15, -0.1) is 10.2 Å². The normalized spacial score (nSPS) is 10.7. The number of carbonyl (C=O) groups is 2. The second-order valence-electron chi connectivity index (χ2n) is 5.92. The summed E-state index contributed by atoms with van der Waals surface area (Å²) >= 11 is 0. The van der Waals surface area contributed by atoms with E-state index in [1.807, 2.05) is 0 Å². The SMILES string of the molecule is [B]C(=O)c1ccccc1N=Nc1ccccc1NC(=O)Nc1ncc(C)c(=O)[nH]1. The zero-order valence-corrected chi connectivity index (χ0v) is 15.3. The van der Waals surface area contributed by atoms with Gasteiger partial charge in [0.15, 0.2) is 7.85 Å². The number of azo groups is 1. The highest BCUT2D eigenvalue weighted by atomic mass is 16.2. The fraction of sp³-hybridized carbons (Fsp3) is 0.0526. The van der Waals surface area contributed by atoms with E-state index < -0.39 is 11.7 Å². The number of carbonyl (C=O) groups excluding carboxylic acids is 2. The Morgan fingerprint density at radius 2 is 1.66 bits per heavy atom. The van der Waals surface area contributed by atoms with E-state index in [4.69, 9.17) is 7.85 Å². The fourth-order valence-corrected chi connectivity index (χ4v) is 2.33. The lowest BCUT2D eigenvalue weighted by atomic mass is 9.94. The molecule has 3 aromatic rings. The van der Waals surface area contributed by atoms with Gasteiger partial charge in [-0.1, -0.05) is 30.3 Å². The van der Waals surface area contributed by atoms with Crippen LogP contribution in [0.3, 0.4) is 0 Å². The molecule has 10 heteroatoms. The predicted octanol–water partition coefficient (Wildman–Crippen LogP) is 3.45. The summed E-state index contributed by atoms with van der Waals surface area (Å²) in [5, 5.41) is 13.2. The summed E-state index contributed by atoms with van der Waals surface area (Å²) < 4.78 is 0. The summed E-state index contributed by atoms with van der Waals surface area (Å²) in [5.74, 6) is 0.00703. The van der Waals surface area contributed by atoms with Crippen LogP contribution in [-0.2, 0) is 0 Å². The zero-order chi connectivity index (χ0) is 20.8. The minimum absolute atomic E-state index is 0.00703. The third kappa shape index (κ3) is 5.01. The van der Waals surface area contributed by atoms with Crippen molar-refractivity contribution in [3.63, 3.8) is 0 Å². The fourth-order valence-electron chi connectivity index (χ4n) is 2.33. The Kier molecular flexibility index (Phi) is 5.93. The molecule has 29 heavy (non-hydrogen) atoms. The van der Waals surface area contributed by atoms with Crippen LogP contribution in [0.5, 0.6) is 0 Å². The highest BCUT2D eigenvalue weighted by Crippen LogP contribution is 2.28. The van der Waals surface area contributed by atoms with Crippen molar-refractivity contribution in [3.8, 4) is 0 Å². The van der Waals surface area contributed by atoms with Crippen LogP contribution < -0.4 is 16.2 Å². The minimum atomic E-state index is -0.628. The van der Waals surface area contributed by atoms with E-state index in [2.05, 4.69) is 30.8 Å². The molecule has 0 atom stereocenters. The van der Waals surface area contributed by atoms with Crippen molar-refractivity contribution in [1.29, 1.82) is 0 Å². The van der Waals surface area contributed by atoms with Crippen LogP contribution >= 0.6 is 0 Å². The molecule has 0 aliphatic rings. The lowest BCUT2D eigenvalue weighted by Gasteiger charge is -2.09. The second kappa shape index (κ2) is 8.74. The Morgan fingerprint density at radius 1 is 1.00 bits per heavy atom. The maximum atomic E-state index is 12.2. The van der Waals surface area contributed by atoms with Crippen LogP contribution in [-0.4, -0.2) is 29.5 Å². The van der Waals surface area contributed by atoms with Crippen LogP contribution in [0.1, 0.15) is 15.9 Å². The van der Waals surface area contributed by atoms with Crippen molar-refractivity contribution < 1.29 is 9.59 Å². The molecule has 3 N–H and O–H groups in total. The summed E-state index contributed by atoms with van der Waals surface area (Å²) in [6.45, 7) is 1.60. The molecular weight excluding hydrogens is 371 g/mol. The number of H-pyrrole nitrogens is 1. The number of nitrogens with zero attached hydrogens (tertiary/aromatic N) is 3. The smallest absolute Gasteiger partial charge is 0.307 e. The van der Waals surface area contributed by atoms with E-state index in [0.29, 0.717) is 22.6 Å². The van der Waals surface area contributed by atoms with E-state index >= 15 is 0 Å². The number of nitrogens with one attached hydrogen (secondary N) is 3. The third-order valence-corrected chi connectivity index (χ3v) is 3.80. The molecule has 1 aromatic heterocycles. The van der Waals surface area contributed by atoms with Crippen LogP contribution in [0, 0.1) is 6.92 Å². The lowest BCUT2D eigenvalue weighted by molar-refractivity contribution is 0.108. The molecular formula is C19H15BN6O3. The molecule has 1 heterocycles. The number of aromatic amines is 1. The van der Waals surface area contributed by atoms with Crippen molar-refractivity contribution in [3.05, 3.63) is 76.2 Å². The van der Waals surface area contributed by atoms with Crippen LogP contribution in [0.25, 0.3) is 0 Å². The average molecular weight is 386 g/mol. The molecule has 2 aromatic carbocycles. The number of anilines is 2. The second-order valence-corrected chi connectivity index (χ2v) is 5.92. The molecule has 0 unspecified atom stereocenters. The van der Waals surface area contributed by atoms with Gasteiger partial charge in [-0.05, 0) is 25.1 Å². The summed E-state index contributed by atoms with van der Waals surface area (Å²) in [6, 6.07) is 12.6. The van der Waals surface area contributed by atoms with Gasteiger partial charge < -0.3 is 10.1 Å². The van der Waals surface area contributed by atoms with Crippen molar-refractivity contribution in [2.75, 3.05) is 10.6 Å². The molecule has 0 saturated carbocycles. The van der Waals surface area contributed by atoms with Crippen molar-refractivity contribution in [2.24, 2.45) is 10.2 Å². The van der Waals surface area contributed by atoms with E-state index in [-0.39, 0.29) is 17.1 Å². The number of hydrogen-bond acceptors (Lipinski definition) is 6. The first-order valence-corrected chi connectivity index (χ1v) is 8.47. The number of urea groups is 1. The molecule has 0 saturated heterocycles. The highest BCUT2D eigenvalue weighted by molar-refractivity contribution is 6.62. The molecule has 2 amide bonds. The summed E-state index contributed by atoms with van der Waals surface area (Å²) in [4.78, 5) is 41.7. The summed E-state index contributed by atoms with van der Waals surface area (Å²) in [6.07, 6.45) is 1.35. The number of aromatic nitrogens is 2. The topological polar surface area (TPSA) is 129 Å². The number of aryl methyl sites for hydroxylation is 1. The van der Waals surface area contributed by atoms with E-state index in [1.54, 1.807) is 55.5 Å². The number of benzene rings is 2. The van der Waals surface area contributed by atoms with Gasteiger partial charge in [-0.2, -0.15) is 0 Å². The lowest BCUT2D eigenvalue weighted by Crippen LogP contribution is -2.23. The standard InChI is InChI=1S/C19H15BN6O3/c1-11-10-21-18(23-17(11)28)24-19(29)22-14-8-4-5-9-15(14)26-25-13-7-3-2-6-12(13)16(20)27/h2-10H,1H3,(H3,21,22,23,24,28,29). The quantitative estimate of drug-likeness (QED) is 0.458. The Hall–Kier alpha value is -4.08. The van der Waals surface area contributed by atoms with Gasteiger partial charge in [-0.25, -0.2) is 9.78 Å². The molecule has 3 rings (SSSR count). The van der Waals surface area contributed by atoms with Gasteiger partial charge in [0.2, 0.25) is 5.95 Å². The van der Waals surface area contributed by atoms with E-state index in [1.165, 1.54) is 6.20 Å². The first kappa shape index (κ1) is 19.7. The van der Waals surface area contributed by atoms with Gasteiger partial charge in [0.05, 0.1) is 11.4 Å². The van der Waals surface area contributed by atoms with Crippen LogP contribution in [0.15, 0.2) is 69.8 Å². The molecule has 0 fully saturated rings. The number of rotatable bonds is 5. The maximum absolute atomic E-state index is 12.2. The zero-order valence-electron chi connectivity index (χ0n) is 15.3. The van der Waals surface area contributed by atoms with E-state index in [9.17, 15) is 14.4 Å². The third-order valence-electron chi connectivity index (χ3n) is 3.80. The summed E-state index contributed by atoms with van der Waals surface area (Å²) in [5.41, 5.74) is 0.710. The van der Waals surface area contributed by atoms with Gasteiger partial charge in [-0.3, -0.25) is 15.1 Å². The molecule has 0 aliphatic carbocycles. The largest absolute Gasteiger partial charge is 0.326 e. The van der Waals surface area contributed by atoms with Gasteiger partial charge in [0.25, 0.3) is 5.56 Å². The predicted molar refractivity (Wildman–Crippen MR) is 109 cm³/mol. The summed E-state index contributed by atoms with van der Waals surface area (Å²) in [7, 11) is 5.34. The molecule has 2 radical (unpaired) electrons. The van der Waals surface area contributed by atoms with Crippen molar-refractivity contribution in [1.82, 2.24) is 9.97 Å². The highest BCUT2D eigenvalue weighted by Gasteiger charge is 2.09. The molecule has 142 valence electrons. The first-order valence-electron chi connectivity index (χ1n) is 8.47. The van der Waals surface area contributed by atoms with Gasteiger partial charge >= 0.3 is 6.03 Å². The monoisotopic (exact) mass is 386 g/mol. The van der Waals surface area contributed by atoms with E-state index in [0.717, 1.165) is 0 Å². The molecule has 0 bridgehead atoms. The minimum Gasteiger partial charge on any atom is -0.307 e. The average Bonchev–Trinajstić information content (AvgIpc) is 2.70. The Balaban J connectivity index is 1.78. The molecule has 9 nitrogen and oxygen atoms in total. The molecule has 0 aliphatic heterocycles. The number of para-hydroxylation sites is 1. The van der Waals surface area contributed by atoms with Crippen molar-refractivity contribution in [2.45, 2.75) is 6.92 Å². The number of hydrogen-bond donors (Lipinski definition) is 3. The Labute approximate surface area is 166 Å². The number of amides is 2.